The molecule has 8 nitrogen and oxygen atoms in total. The van der Waals surface area contributed by atoms with Gasteiger partial charge in [0.15, 0.2) is 0 Å². The first-order chi connectivity index (χ1) is 11.5. The number of amides is 2. The minimum absolute atomic E-state index is 0.222. The van der Waals surface area contributed by atoms with Gasteiger partial charge in [0, 0.05) is 17.5 Å². The fraction of sp³-hybridized carbons (Fsp3) is 0.375. The van der Waals surface area contributed by atoms with Crippen LogP contribution in [0.15, 0.2) is 18.3 Å². The number of nitrogens with two attached hydrogens (primary N) is 1. The van der Waals surface area contributed by atoms with Crippen LogP contribution < -0.4 is 5.73 Å². The number of halogens is 1. The molecule has 0 atom stereocenters. The predicted octanol–water partition coefficient (Wildman–Crippen LogP) is 2.43. The lowest BCUT2D eigenvalue weighted by molar-refractivity contribution is -0.126. The highest BCUT2D eigenvalue weighted by atomic mass is 35.5. The number of hydrogen-bond acceptors (Lipinski definition) is 5. The summed E-state index contributed by atoms with van der Waals surface area (Å²) >= 11 is 6.22. The van der Waals surface area contributed by atoms with Gasteiger partial charge in [0.2, 0.25) is 11.9 Å². The zero-order valence-corrected chi connectivity index (χ0v) is 15.2. The van der Waals surface area contributed by atoms with E-state index in [0.29, 0.717) is 20.9 Å². The maximum atomic E-state index is 12.6. The average molecular weight is 366 g/mol. The molecular weight excluding hydrogens is 346 g/mol. The number of benzene rings is 1. The molecule has 0 saturated carbocycles. The van der Waals surface area contributed by atoms with E-state index in [0.717, 1.165) is 5.52 Å². The van der Waals surface area contributed by atoms with Crippen molar-refractivity contribution in [2.45, 2.75) is 32.8 Å². The van der Waals surface area contributed by atoms with Gasteiger partial charge in [-0.3, -0.25) is 14.9 Å². The lowest BCUT2D eigenvalue weighted by Crippen LogP contribution is -2.48. The zero-order valence-electron chi connectivity index (χ0n) is 14.5. The van der Waals surface area contributed by atoms with E-state index in [2.05, 4.69) is 5.10 Å². The average Bonchev–Trinajstić information content (AvgIpc) is 2.81. The molecule has 0 aliphatic rings. The predicted molar refractivity (Wildman–Crippen MR) is 94.4 cm³/mol. The molecule has 0 aliphatic carbocycles. The molecule has 0 saturated heterocycles. The van der Waals surface area contributed by atoms with Gasteiger partial charge in [0.25, 0.3) is 0 Å². The van der Waals surface area contributed by atoms with Crippen LogP contribution in [0, 0.1) is 5.41 Å². The number of imide groups is 1. The number of carbonyl (C=O) groups is 2. The van der Waals surface area contributed by atoms with Crippen LogP contribution in [0.25, 0.3) is 10.9 Å². The second-order valence-corrected chi connectivity index (χ2v) is 6.91. The fourth-order valence-corrected chi connectivity index (χ4v) is 2.54. The van der Waals surface area contributed by atoms with Crippen molar-refractivity contribution in [2.75, 3.05) is 0 Å². The fourth-order valence-electron chi connectivity index (χ4n) is 2.31. The molecule has 134 valence electrons. The maximum Gasteiger partial charge on any atom is 0.424 e. The lowest BCUT2D eigenvalue weighted by atomic mass is 10.1. The van der Waals surface area contributed by atoms with Gasteiger partial charge < -0.3 is 10.5 Å². The third kappa shape index (κ3) is 4.08. The summed E-state index contributed by atoms with van der Waals surface area (Å²) in [4.78, 5) is 25.3. The van der Waals surface area contributed by atoms with Crippen LogP contribution in [0.1, 0.15) is 26.3 Å². The number of fused-ring (bicyclic) bond motifs is 1. The van der Waals surface area contributed by atoms with Crippen LogP contribution in [0.4, 0.5) is 4.79 Å². The summed E-state index contributed by atoms with van der Waals surface area (Å²) in [7, 11) is 1.77. The van der Waals surface area contributed by atoms with Crippen LogP contribution in [0.5, 0.6) is 0 Å². The number of hydrogen-bond donors (Lipinski definition) is 2. The Labute approximate surface area is 150 Å². The minimum atomic E-state index is -1.00. The molecule has 2 rings (SSSR count). The summed E-state index contributed by atoms with van der Waals surface area (Å²) in [5.41, 5.74) is 5.87. The van der Waals surface area contributed by atoms with E-state index >= 15 is 0 Å². The molecule has 0 aliphatic heterocycles. The molecule has 0 unspecified atom stereocenters. The number of guanidine groups is 1. The monoisotopic (exact) mass is 365 g/mol. The molecule has 0 radical (unpaired) electrons. The normalized spacial score (nSPS) is 11.4. The number of nitrogens with one attached hydrogen (secondary N) is 1. The van der Waals surface area contributed by atoms with Gasteiger partial charge in [-0.25, -0.2) is 4.79 Å². The zero-order chi connectivity index (χ0) is 18.9. The van der Waals surface area contributed by atoms with Crippen LogP contribution >= 0.6 is 11.6 Å². The number of rotatable bonds is 2. The lowest BCUT2D eigenvalue weighted by Gasteiger charge is -2.25. The SMILES string of the molecule is Cn1ncc2c(CC(=O)N(C(=N)N)C(=O)OC(C)(C)C)c(Cl)ccc21. The van der Waals surface area contributed by atoms with Crippen LogP contribution in [0.3, 0.4) is 0 Å². The summed E-state index contributed by atoms with van der Waals surface area (Å²) in [5.74, 6) is -1.42. The number of carbonyl (C=O) groups excluding carboxylic acids is 2. The third-order valence-electron chi connectivity index (χ3n) is 3.38. The smallest absolute Gasteiger partial charge is 0.424 e. The van der Waals surface area contributed by atoms with Gasteiger partial charge >= 0.3 is 6.09 Å². The Morgan fingerprint density at radius 2 is 2.04 bits per heavy atom. The van der Waals surface area contributed by atoms with E-state index in [1.165, 1.54) is 0 Å². The Kier molecular flexibility index (Phi) is 5.03. The van der Waals surface area contributed by atoms with Crippen molar-refractivity contribution in [2.24, 2.45) is 12.8 Å². The van der Waals surface area contributed by atoms with E-state index < -0.39 is 23.6 Å². The molecular formula is C16H20ClN5O3. The molecule has 0 spiro atoms. The van der Waals surface area contributed by atoms with E-state index in [9.17, 15) is 9.59 Å². The Hall–Kier alpha value is -2.61. The van der Waals surface area contributed by atoms with Gasteiger partial charge in [0.05, 0.1) is 18.1 Å². The Balaban J connectivity index is 2.35. The standard InChI is InChI=1S/C16H20ClN5O3/c1-16(2,3)25-15(24)22(14(18)19)13(23)7-9-10-8-20-21(4)12(10)6-5-11(9)17/h5-6,8H,7H2,1-4H3,(H3,18,19). The molecule has 1 heterocycles. The first-order valence-corrected chi connectivity index (χ1v) is 7.88. The summed E-state index contributed by atoms with van der Waals surface area (Å²) < 4.78 is 6.79. The number of ether oxygens (including phenoxy) is 1. The van der Waals surface area contributed by atoms with Crippen molar-refractivity contribution < 1.29 is 14.3 Å². The summed E-state index contributed by atoms with van der Waals surface area (Å²) in [6, 6.07) is 3.44. The summed E-state index contributed by atoms with van der Waals surface area (Å²) in [6.45, 7) is 4.96. The van der Waals surface area contributed by atoms with Gasteiger partial charge in [-0.05, 0) is 38.5 Å². The van der Waals surface area contributed by atoms with E-state index in [4.69, 9.17) is 27.5 Å². The summed E-state index contributed by atoms with van der Waals surface area (Å²) in [5, 5.41) is 12.7. The van der Waals surface area contributed by atoms with Gasteiger partial charge in [0.1, 0.15) is 5.60 Å². The number of aromatic nitrogens is 2. The van der Waals surface area contributed by atoms with Crippen molar-refractivity contribution in [1.29, 1.82) is 5.41 Å². The highest BCUT2D eigenvalue weighted by Crippen LogP contribution is 2.27. The Bertz CT molecular complexity index is 853. The number of nitrogens with zero attached hydrogens (tertiary/aromatic N) is 3. The molecule has 3 N–H and O–H groups in total. The molecule has 9 heteroatoms. The van der Waals surface area contributed by atoms with Crippen molar-refractivity contribution in [3.63, 3.8) is 0 Å². The first-order valence-electron chi connectivity index (χ1n) is 7.50. The molecule has 2 aromatic rings. The quantitative estimate of drug-likeness (QED) is 0.626. The second kappa shape index (κ2) is 6.72. The van der Waals surface area contributed by atoms with Crippen LogP contribution in [-0.2, 0) is 23.0 Å². The van der Waals surface area contributed by atoms with Crippen molar-refractivity contribution in [3.05, 3.63) is 28.9 Å². The van der Waals surface area contributed by atoms with Gasteiger partial charge in [-0.1, -0.05) is 11.6 Å². The highest BCUT2D eigenvalue weighted by molar-refractivity contribution is 6.32. The number of aryl methyl sites for hydroxylation is 1. The Morgan fingerprint density at radius 3 is 2.60 bits per heavy atom. The topological polar surface area (TPSA) is 114 Å². The molecule has 0 fully saturated rings. The van der Waals surface area contributed by atoms with Crippen LogP contribution in [0.2, 0.25) is 5.02 Å². The third-order valence-corrected chi connectivity index (χ3v) is 3.73. The van der Waals surface area contributed by atoms with E-state index in [1.54, 1.807) is 50.8 Å². The van der Waals surface area contributed by atoms with Crippen molar-refractivity contribution in [1.82, 2.24) is 14.7 Å². The van der Waals surface area contributed by atoms with Gasteiger partial charge in [-0.2, -0.15) is 10.00 Å². The molecule has 0 bridgehead atoms. The van der Waals surface area contributed by atoms with Crippen molar-refractivity contribution >= 4 is 40.5 Å². The summed E-state index contributed by atoms with van der Waals surface area (Å²) in [6.07, 6.45) is 0.371. The minimum Gasteiger partial charge on any atom is -0.443 e. The maximum absolute atomic E-state index is 12.6. The highest BCUT2D eigenvalue weighted by Gasteiger charge is 2.30. The largest absolute Gasteiger partial charge is 0.443 e. The molecule has 1 aromatic heterocycles. The molecule has 25 heavy (non-hydrogen) atoms. The molecule has 1 aromatic carbocycles. The van der Waals surface area contributed by atoms with E-state index in [1.807, 2.05) is 0 Å². The second-order valence-electron chi connectivity index (χ2n) is 6.50. The van der Waals surface area contributed by atoms with Crippen molar-refractivity contribution in [3.8, 4) is 0 Å². The van der Waals surface area contributed by atoms with E-state index in [-0.39, 0.29) is 6.42 Å². The Morgan fingerprint density at radius 1 is 1.40 bits per heavy atom. The van der Waals surface area contributed by atoms with Crippen LogP contribution in [-0.4, -0.2) is 38.2 Å². The first kappa shape index (κ1) is 18.7. The molecule has 2 amide bonds. The van der Waals surface area contributed by atoms with Gasteiger partial charge in [-0.15, -0.1) is 0 Å².